The Labute approximate surface area is 108 Å². The zero-order chi connectivity index (χ0) is 13.2. The molecule has 0 fully saturated rings. The number of hydrogen-bond acceptors (Lipinski definition) is 7. The molecular formula is C11H11N7O. The minimum atomic E-state index is 0.507. The van der Waals surface area contributed by atoms with Gasteiger partial charge in [0.25, 0.3) is 0 Å². The maximum atomic E-state index is 5.40. The summed E-state index contributed by atoms with van der Waals surface area (Å²) in [6, 6.07) is 5.40. The lowest BCUT2D eigenvalue weighted by Gasteiger charge is -2.04. The molecule has 3 aromatic heterocycles. The van der Waals surface area contributed by atoms with Crippen molar-refractivity contribution in [2.24, 2.45) is 5.84 Å². The molecule has 0 saturated carbocycles. The van der Waals surface area contributed by atoms with E-state index >= 15 is 0 Å². The summed E-state index contributed by atoms with van der Waals surface area (Å²) in [5.41, 5.74) is 3.12. The number of anilines is 1. The van der Waals surface area contributed by atoms with E-state index in [0.717, 1.165) is 5.39 Å². The molecule has 8 heteroatoms. The van der Waals surface area contributed by atoms with Gasteiger partial charge in [-0.15, -0.1) is 0 Å². The van der Waals surface area contributed by atoms with Gasteiger partial charge in [-0.25, -0.2) is 15.8 Å². The number of rotatable bonds is 3. The SMILES string of the molecule is COc1cccc(-n2ncc3c(NN)ncnc32)n1. The van der Waals surface area contributed by atoms with Crippen molar-refractivity contribution in [1.29, 1.82) is 0 Å². The molecule has 3 rings (SSSR count). The average Bonchev–Trinajstić information content (AvgIpc) is 2.91. The smallest absolute Gasteiger partial charge is 0.214 e. The third-order valence-electron chi connectivity index (χ3n) is 2.64. The van der Waals surface area contributed by atoms with Crippen molar-refractivity contribution in [3.63, 3.8) is 0 Å². The molecule has 0 aliphatic rings. The molecule has 19 heavy (non-hydrogen) atoms. The molecule has 3 N–H and O–H groups in total. The normalized spacial score (nSPS) is 10.6. The van der Waals surface area contributed by atoms with E-state index < -0.39 is 0 Å². The van der Waals surface area contributed by atoms with Gasteiger partial charge in [0, 0.05) is 6.07 Å². The third-order valence-corrected chi connectivity index (χ3v) is 2.64. The topological polar surface area (TPSA) is 104 Å². The Hall–Kier alpha value is -2.74. The van der Waals surface area contributed by atoms with Gasteiger partial charge < -0.3 is 10.2 Å². The lowest BCUT2D eigenvalue weighted by Crippen LogP contribution is -2.09. The number of nitrogens with zero attached hydrogens (tertiary/aromatic N) is 5. The zero-order valence-electron chi connectivity index (χ0n) is 10.1. The van der Waals surface area contributed by atoms with E-state index in [9.17, 15) is 0 Å². The van der Waals surface area contributed by atoms with E-state index in [1.165, 1.54) is 6.33 Å². The molecule has 0 aromatic carbocycles. The number of nitrogens with two attached hydrogens (primary N) is 1. The highest BCUT2D eigenvalue weighted by atomic mass is 16.5. The zero-order valence-corrected chi connectivity index (χ0v) is 10.1. The van der Waals surface area contributed by atoms with Crippen molar-refractivity contribution in [3.8, 4) is 11.7 Å². The fourth-order valence-electron chi connectivity index (χ4n) is 1.76. The van der Waals surface area contributed by atoms with Gasteiger partial charge in [0.05, 0.1) is 18.7 Å². The first-order chi connectivity index (χ1) is 9.33. The fraction of sp³-hybridized carbons (Fsp3) is 0.0909. The van der Waals surface area contributed by atoms with Crippen LogP contribution in [0.5, 0.6) is 5.88 Å². The summed E-state index contributed by atoms with van der Waals surface area (Å²) in [6.45, 7) is 0. The van der Waals surface area contributed by atoms with Crippen LogP contribution in [0.4, 0.5) is 5.82 Å². The van der Waals surface area contributed by atoms with Gasteiger partial charge in [-0.3, -0.25) is 0 Å². The number of ether oxygens (including phenoxy) is 1. The molecule has 3 heterocycles. The average molecular weight is 257 g/mol. The predicted octanol–water partition coefficient (Wildman–Crippen LogP) is 0.505. The third kappa shape index (κ3) is 1.83. The Kier molecular flexibility index (Phi) is 2.69. The summed E-state index contributed by atoms with van der Waals surface area (Å²) in [7, 11) is 1.56. The first kappa shape index (κ1) is 11.4. The van der Waals surface area contributed by atoms with E-state index in [4.69, 9.17) is 10.6 Å². The van der Waals surface area contributed by atoms with Gasteiger partial charge in [0.1, 0.15) is 6.33 Å². The lowest BCUT2D eigenvalue weighted by molar-refractivity contribution is 0.397. The van der Waals surface area contributed by atoms with Gasteiger partial charge in [-0.1, -0.05) is 6.07 Å². The maximum absolute atomic E-state index is 5.40. The Balaban J connectivity index is 2.20. The summed E-state index contributed by atoms with van der Waals surface area (Å²) in [5.74, 6) is 7.02. The Bertz CT molecular complexity index is 724. The molecule has 0 radical (unpaired) electrons. The number of fused-ring (bicyclic) bond motifs is 1. The predicted molar refractivity (Wildman–Crippen MR) is 68.8 cm³/mol. The van der Waals surface area contributed by atoms with Crippen LogP contribution in [0.1, 0.15) is 0 Å². The molecule has 0 aliphatic heterocycles. The maximum Gasteiger partial charge on any atom is 0.214 e. The minimum absolute atomic E-state index is 0.507. The van der Waals surface area contributed by atoms with Gasteiger partial charge in [-0.2, -0.15) is 14.8 Å². The van der Waals surface area contributed by atoms with Crippen molar-refractivity contribution < 1.29 is 4.74 Å². The van der Waals surface area contributed by atoms with E-state index in [-0.39, 0.29) is 0 Å². The summed E-state index contributed by atoms with van der Waals surface area (Å²) in [4.78, 5) is 12.5. The summed E-state index contributed by atoms with van der Waals surface area (Å²) in [6.07, 6.45) is 3.04. The Morgan fingerprint density at radius 2 is 2.21 bits per heavy atom. The van der Waals surface area contributed by atoms with Crippen molar-refractivity contribution in [2.75, 3.05) is 12.5 Å². The van der Waals surface area contributed by atoms with E-state index in [1.54, 1.807) is 24.1 Å². The van der Waals surface area contributed by atoms with Crippen LogP contribution in [-0.2, 0) is 0 Å². The molecule has 0 spiro atoms. The molecular weight excluding hydrogens is 246 g/mol. The van der Waals surface area contributed by atoms with Crippen LogP contribution < -0.4 is 16.0 Å². The Morgan fingerprint density at radius 1 is 1.32 bits per heavy atom. The highest BCUT2D eigenvalue weighted by Gasteiger charge is 2.11. The lowest BCUT2D eigenvalue weighted by atomic mass is 10.4. The van der Waals surface area contributed by atoms with Crippen LogP contribution in [0, 0.1) is 0 Å². The number of methoxy groups -OCH3 is 1. The standard InChI is InChI=1S/C11H11N7O/c1-19-9-4-2-3-8(16-9)18-11-7(5-15-18)10(17-12)13-6-14-11/h2-6H,12H2,1H3,(H,13,14,17). The molecule has 3 aromatic rings. The molecule has 0 amide bonds. The van der Waals surface area contributed by atoms with Gasteiger partial charge >= 0.3 is 0 Å². The molecule has 0 bridgehead atoms. The van der Waals surface area contributed by atoms with Gasteiger partial charge in [-0.05, 0) is 6.07 Å². The van der Waals surface area contributed by atoms with E-state index in [2.05, 4.69) is 25.5 Å². The number of nitrogen functional groups attached to an aromatic ring is 1. The highest BCUT2D eigenvalue weighted by Crippen LogP contribution is 2.20. The second-order valence-corrected chi connectivity index (χ2v) is 3.70. The monoisotopic (exact) mass is 257 g/mol. The number of hydrogen-bond donors (Lipinski definition) is 2. The van der Waals surface area contributed by atoms with Crippen LogP contribution in [0.2, 0.25) is 0 Å². The van der Waals surface area contributed by atoms with E-state index in [0.29, 0.717) is 23.2 Å². The second-order valence-electron chi connectivity index (χ2n) is 3.70. The summed E-state index contributed by atoms with van der Waals surface area (Å²) in [5, 5.41) is 4.97. The molecule has 96 valence electrons. The minimum Gasteiger partial charge on any atom is -0.481 e. The van der Waals surface area contributed by atoms with Crippen molar-refractivity contribution in [2.45, 2.75) is 0 Å². The first-order valence-electron chi connectivity index (χ1n) is 5.50. The van der Waals surface area contributed by atoms with Gasteiger partial charge in [0.2, 0.25) is 5.88 Å². The van der Waals surface area contributed by atoms with E-state index in [1.807, 2.05) is 12.1 Å². The number of hydrazine groups is 1. The van der Waals surface area contributed by atoms with Crippen LogP contribution >= 0.6 is 0 Å². The largest absolute Gasteiger partial charge is 0.481 e. The quantitative estimate of drug-likeness (QED) is 0.520. The van der Waals surface area contributed by atoms with Crippen LogP contribution in [0.15, 0.2) is 30.7 Å². The van der Waals surface area contributed by atoms with Crippen molar-refractivity contribution in [1.82, 2.24) is 24.7 Å². The number of aromatic nitrogens is 5. The van der Waals surface area contributed by atoms with Crippen LogP contribution in [-0.4, -0.2) is 31.8 Å². The highest BCUT2D eigenvalue weighted by molar-refractivity contribution is 5.86. The van der Waals surface area contributed by atoms with Gasteiger partial charge in [0.15, 0.2) is 17.3 Å². The number of nitrogens with one attached hydrogen (secondary N) is 1. The fourth-order valence-corrected chi connectivity index (χ4v) is 1.76. The second kappa shape index (κ2) is 4.50. The van der Waals surface area contributed by atoms with Crippen LogP contribution in [0.3, 0.4) is 0 Å². The van der Waals surface area contributed by atoms with Crippen LogP contribution in [0.25, 0.3) is 16.9 Å². The summed E-state index contributed by atoms with van der Waals surface area (Å²) >= 11 is 0. The molecule has 0 atom stereocenters. The molecule has 0 saturated heterocycles. The van der Waals surface area contributed by atoms with Crippen molar-refractivity contribution in [3.05, 3.63) is 30.7 Å². The molecule has 0 unspecified atom stereocenters. The Morgan fingerprint density at radius 3 is 3.00 bits per heavy atom. The first-order valence-corrected chi connectivity index (χ1v) is 5.50. The van der Waals surface area contributed by atoms with Crippen molar-refractivity contribution >= 4 is 16.9 Å². The number of pyridine rings is 1. The molecule has 8 nitrogen and oxygen atoms in total. The molecule has 0 aliphatic carbocycles. The summed E-state index contributed by atoms with van der Waals surface area (Å²) < 4.78 is 6.69.